The third-order valence-electron chi connectivity index (χ3n) is 5.52. The SMILES string of the molecule is CCNC(=NCc1nnc2ccccn12)N1CCC(CN(CC)C(=O)OC(C)(C)C)CC1.I. The third-order valence-corrected chi connectivity index (χ3v) is 5.52. The molecule has 1 saturated heterocycles. The van der Waals surface area contributed by atoms with Gasteiger partial charge < -0.3 is 19.9 Å². The molecule has 0 unspecified atom stereocenters. The van der Waals surface area contributed by atoms with Crippen LogP contribution in [0.3, 0.4) is 0 Å². The number of ether oxygens (including phenoxy) is 1. The molecule has 2 aromatic heterocycles. The van der Waals surface area contributed by atoms with E-state index in [1.165, 1.54) is 0 Å². The van der Waals surface area contributed by atoms with Gasteiger partial charge in [0.1, 0.15) is 12.1 Å². The highest BCUT2D eigenvalue weighted by Crippen LogP contribution is 2.20. The lowest BCUT2D eigenvalue weighted by atomic mass is 9.96. The van der Waals surface area contributed by atoms with Crippen molar-refractivity contribution < 1.29 is 9.53 Å². The fourth-order valence-electron chi connectivity index (χ4n) is 3.87. The fraction of sp³-hybridized carbons (Fsp3) is 0.652. The van der Waals surface area contributed by atoms with Crippen LogP contribution in [0.25, 0.3) is 5.65 Å². The Bertz CT molecular complexity index is 917. The van der Waals surface area contributed by atoms with Gasteiger partial charge in [-0.25, -0.2) is 9.79 Å². The van der Waals surface area contributed by atoms with Crippen molar-refractivity contribution in [3.8, 4) is 0 Å². The van der Waals surface area contributed by atoms with Crippen LogP contribution >= 0.6 is 24.0 Å². The summed E-state index contributed by atoms with van der Waals surface area (Å²) in [7, 11) is 0. The number of hydrogen-bond acceptors (Lipinski definition) is 5. The summed E-state index contributed by atoms with van der Waals surface area (Å²) in [5.74, 6) is 2.18. The molecule has 184 valence electrons. The zero-order valence-corrected chi connectivity index (χ0v) is 22.8. The number of piperidine rings is 1. The van der Waals surface area contributed by atoms with E-state index in [2.05, 4.69) is 27.3 Å². The monoisotopic (exact) mass is 571 g/mol. The number of fused-ring (bicyclic) bond motifs is 1. The van der Waals surface area contributed by atoms with Crippen LogP contribution in [-0.2, 0) is 11.3 Å². The number of aromatic nitrogens is 3. The maximum atomic E-state index is 12.5. The van der Waals surface area contributed by atoms with Gasteiger partial charge in [0.2, 0.25) is 0 Å². The number of carbonyl (C=O) groups excluding carboxylic acids is 1. The molecule has 0 radical (unpaired) electrons. The molecule has 33 heavy (non-hydrogen) atoms. The van der Waals surface area contributed by atoms with Crippen molar-refractivity contribution in [1.82, 2.24) is 29.7 Å². The van der Waals surface area contributed by atoms with Crippen LogP contribution in [0.15, 0.2) is 29.4 Å². The number of halogens is 1. The van der Waals surface area contributed by atoms with E-state index in [9.17, 15) is 4.79 Å². The molecule has 1 amide bonds. The molecule has 0 saturated carbocycles. The Morgan fingerprint density at radius 1 is 1.24 bits per heavy atom. The molecule has 0 atom stereocenters. The smallest absolute Gasteiger partial charge is 0.410 e. The first kappa shape index (κ1) is 27.1. The van der Waals surface area contributed by atoms with Crippen LogP contribution in [0.5, 0.6) is 0 Å². The van der Waals surface area contributed by atoms with Gasteiger partial charge in [0.25, 0.3) is 0 Å². The summed E-state index contributed by atoms with van der Waals surface area (Å²) in [5, 5.41) is 11.9. The number of guanidine groups is 1. The molecule has 3 rings (SSSR count). The number of pyridine rings is 1. The summed E-state index contributed by atoms with van der Waals surface area (Å²) < 4.78 is 7.52. The predicted molar refractivity (Wildman–Crippen MR) is 141 cm³/mol. The van der Waals surface area contributed by atoms with Crippen molar-refractivity contribution in [3.05, 3.63) is 30.2 Å². The first-order chi connectivity index (χ1) is 15.3. The van der Waals surface area contributed by atoms with E-state index in [0.717, 1.165) is 56.5 Å². The zero-order valence-electron chi connectivity index (χ0n) is 20.5. The fourth-order valence-corrected chi connectivity index (χ4v) is 3.87. The summed E-state index contributed by atoms with van der Waals surface area (Å²) in [6, 6.07) is 5.86. The minimum absolute atomic E-state index is 0. The Balaban J connectivity index is 0.00000385. The van der Waals surface area contributed by atoms with Gasteiger partial charge in [-0.15, -0.1) is 34.2 Å². The van der Waals surface area contributed by atoms with Gasteiger partial charge in [0, 0.05) is 38.9 Å². The molecule has 0 aromatic carbocycles. The van der Waals surface area contributed by atoms with Crippen LogP contribution in [0, 0.1) is 5.92 Å². The molecule has 3 heterocycles. The number of aliphatic imine (C=N–C) groups is 1. The highest BCUT2D eigenvalue weighted by Gasteiger charge is 2.27. The van der Waals surface area contributed by atoms with Crippen LogP contribution in [0.2, 0.25) is 0 Å². The number of nitrogens with zero attached hydrogens (tertiary/aromatic N) is 6. The van der Waals surface area contributed by atoms with E-state index < -0.39 is 5.60 Å². The molecule has 0 bridgehead atoms. The summed E-state index contributed by atoms with van der Waals surface area (Å²) >= 11 is 0. The molecule has 2 aromatic rings. The lowest BCUT2D eigenvalue weighted by Crippen LogP contribution is -2.47. The Hall–Kier alpha value is -2.11. The van der Waals surface area contributed by atoms with Gasteiger partial charge in [0.15, 0.2) is 17.4 Å². The van der Waals surface area contributed by atoms with Crippen molar-refractivity contribution in [2.75, 3.05) is 32.7 Å². The van der Waals surface area contributed by atoms with E-state index >= 15 is 0 Å². The maximum absolute atomic E-state index is 12.5. The summed E-state index contributed by atoms with van der Waals surface area (Å²) in [5.41, 5.74) is 0.356. The largest absolute Gasteiger partial charge is 0.444 e. The molecule has 9 nitrogen and oxygen atoms in total. The van der Waals surface area contributed by atoms with E-state index in [4.69, 9.17) is 9.73 Å². The number of hydrogen-bond donors (Lipinski definition) is 1. The standard InChI is InChI=1S/C23H37N7O2.HI/c1-6-24-21(25-16-20-27-26-19-10-8-9-13-30(19)20)29-14-11-18(12-15-29)17-28(7-2)22(31)32-23(3,4)5;/h8-10,13,18H,6-7,11-12,14-17H2,1-5H3,(H,24,25);1H. The Morgan fingerprint density at radius 2 is 1.97 bits per heavy atom. The van der Waals surface area contributed by atoms with Crippen molar-refractivity contribution in [3.63, 3.8) is 0 Å². The van der Waals surface area contributed by atoms with Gasteiger partial charge in [-0.05, 0) is 65.5 Å². The minimum atomic E-state index is -0.471. The summed E-state index contributed by atoms with van der Waals surface area (Å²) in [6.07, 6.45) is 3.76. The average molecular weight is 572 g/mol. The van der Waals surface area contributed by atoms with E-state index in [1.807, 2.05) is 61.4 Å². The highest BCUT2D eigenvalue weighted by atomic mass is 127. The van der Waals surface area contributed by atoms with Crippen LogP contribution in [0.1, 0.15) is 53.3 Å². The molecular formula is C23H38IN7O2. The quantitative estimate of drug-likeness (QED) is 0.323. The molecular weight excluding hydrogens is 533 g/mol. The summed E-state index contributed by atoms with van der Waals surface area (Å²) in [4.78, 5) is 21.4. The molecule has 1 aliphatic heterocycles. The number of likely N-dealkylation sites (tertiary alicyclic amines) is 1. The molecule has 10 heteroatoms. The second-order valence-corrected chi connectivity index (χ2v) is 9.16. The van der Waals surface area contributed by atoms with E-state index in [-0.39, 0.29) is 30.1 Å². The summed E-state index contributed by atoms with van der Waals surface area (Å²) in [6.45, 7) is 14.3. The molecule has 1 aliphatic rings. The Morgan fingerprint density at radius 3 is 2.61 bits per heavy atom. The third kappa shape index (κ3) is 7.72. The number of rotatable bonds is 6. The van der Waals surface area contributed by atoms with Gasteiger partial charge >= 0.3 is 6.09 Å². The highest BCUT2D eigenvalue weighted by molar-refractivity contribution is 14.0. The number of carbonyl (C=O) groups is 1. The van der Waals surface area contributed by atoms with Gasteiger partial charge in [0.05, 0.1) is 0 Å². The van der Waals surface area contributed by atoms with E-state index in [0.29, 0.717) is 19.0 Å². The van der Waals surface area contributed by atoms with Gasteiger partial charge in [-0.1, -0.05) is 6.07 Å². The lowest BCUT2D eigenvalue weighted by molar-refractivity contribution is 0.0214. The average Bonchev–Trinajstić information content (AvgIpc) is 3.17. The van der Waals surface area contributed by atoms with Crippen LogP contribution < -0.4 is 5.32 Å². The number of nitrogens with one attached hydrogen (secondary N) is 1. The molecule has 0 aliphatic carbocycles. The second kappa shape index (κ2) is 12.4. The van der Waals surface area contributed by atoms with Crippen molar-refractivity contribution in [1.29, 1.82) is 0 Å². The normalized spacial score (nSPS) is 15.3. The maximum Gasteiger partial charge on any atom is 0.410 e. The van der Waals surface area contributed by atoms with Gasteiger partial charge in [-0.3, -0.25) is 4.40 Å². The molecule has 1 N–H and O–H groups in total. The lowest BCUT2D eigenvalue weighted by Gasteiger charge is -2.36. The van der Waals surface area contributed by atoms with Crippen LogP contribution in [0.4, 0.5) is 4.79 Å². The Labute approximate surface area is 214 Å². The van der Waals surface area contributed by atoms with Crippen molar-refractivity contribution >= 4 is 41.7 Å². The predicted octanol–water partition coefficient (Wildman–Crippen LogP) is 3.78. The van der Waals surface area contributed by atoms with Gasteiger partial charge in [-0.2, -0.15) is 0 Å². The van der Waals surface area contributed by atoms with Crippen LogP contribution in [-0.4, -0.2) is 74.8 Å². The first-order valence-corrected chi connectivity index (χ1v) is 11.6. The zero-order chi connectivity index (χ0) is 23.1. The minimum Gasteiger partial charge on any atom is -0.444 e. The molecule has 0 spiro atoms. The van der Waals surface area contributed by atoms with E-state index in [1.54, 1.807) is 0 Å². The second-order valence-electron chi connectivity index (χ2n) is 9.16. The van der Waals surface area contributed by atoms with Crippen molar-refractivity contribution in [2.45, 2.75) is 59.6 Å². The number of amides is 1. The molecule has 1 fully saturated rings. The topological polar surface area (TPSA) is 87.4 Å². The van der Waals surface area contributed by atoms with Crippen molar-refractivity contribution in [2.24, 2.45) is 10.9 Å². The first-order valence-electron chi connectivity index (χ1n) is 11.6. The Kier molecular flexibility index (Phi) is 10.2.